The molecule has 0 saturated carbocycles. The van der Waals surface area contributed by atoms with Gasteiger partial charge in [-0.15, -0.1) is 11.8 Å². The van der Waals surface area contributed by atoms with Crippen molar-refractivity contribution >= 4 is 27.7 Å². The summed E-state index contributed by atoms with van der Waals surface area (Å²) in [5.74, 6) is 2.66. The van der Waals surface area contributed by atoms with Crippen molar-refractivity contribution in [2.75, 3.05) is 7.11 Å². The molecule has 0 aliphatic rings. The van der Waals surface area contributed by atoms with E-state index in [4.69, 9.17) is 9.26 Å². The summed E-state index contributed by atoms with van der Waals surface area (Å²) in [6.45, 7) is 0. The zero-order valence-corrected chi connectivity index (χ0v) is 14.2. The van der Waals surface area contributed by atoms with Crippen LogP contribution in [0.5, 0.6) is 5.75 Å². The molecule has 0 atom stereocenters. The van der Waals surface area contributed by atoms with Gasteiger partial charge in [0, 0.05) is 14.9 Å². The van der Waals surface area contributed by atoms with Gasteiger partial charge < -0.3 is 9.26 Å². The number of thioether (sulfide) groups is 1. The lowest BCUT2D eigenvalue weighted by molar-refractivity contribution is 0.391. The van der Waals surface area contributed by atoms with Gasteiger partial charge >= 0.3 is 0 Å². The van der Waals surface area contributed by atoms with Gasteiger partial charge in [0.05, 0.1) is 12.9 Å². The number of hydrogen-bond acceptors (Lipinski definition) is 5. The molecule has 1 heterocycles. The van der Waals surface area contributed by atoms with Gasteiger partial charge in [0.2, 0.25) is 11.7 Å². The van der Waals surface area contributed by atoms with Gasteiger partial charge in [-0.05, 0) is 30.3 Å². The average molecular weight is 377 g/mol. The molecule has 2 aromatic carbocycles. The monoisotopic (exact) mass is 376 g/mol. The first-order valence-corrected chi connectivity index (χ1v) is 8.38. The molecule has 0 amide bonds. The van der Waals surface area contributed by atoms with Gasteiger partial charge in [0.15, 0.2) is 0 Å². The van der Waals surface area contributed by atoms with Crippen LogP contribution < -0.4 is 4.74 Å². The minimum Gasteiger partial charge on any atom is -0.497 e. The Kier molecular flexibility index (Phi) is 4.80. The molecular formula is C16H13BrN2O2S. The first-order valence-electron chi connectivity index (χ1n) is 6.60. The number of aromatic nitrogens is 2. The number of rotatable bonds is 5. The molecule has 0 radical (unpaired) electrons. The Balaban J connectivity index is 1.69. The molecule has 1 aromatic heterocycles. The Hall–Kier alpha value is -1.79. The normalized spacial score (nSPS) is 10.6. The lowest BCUT2D eigenvalue weighted by Crippen LogP contribution is -1.84. The fourth-order valence-electron chi connectivity index (χ4n) is 1.89. The van der Waals surface area contributed by atoms with Crippen LogP contribution in [0.4, 0.5) is 0 Å². The van der Waals surface area contributed by atoms with E-state index in [1.54, 1.807) is 18.9 Å². The molecule has 0 N–H and O–H groups in total. The first kappa shape index (κ1) is 15.1. The van der Waals surface area contributed by atoms with Crippen molar-refractivity contribution < 1.29 is 9.26 Å². The van der Waals surface area contributed by atoms with E-state index in [1.165, 1.54) is 0 Å². The molecule has 3 rings (SSSR count). The Bertz CT molecular complexity index is 776. The smallest absolute Gasteiger partial charge is 0.237 e. The number of benzene rings is 2. The zero-order valence-electron chi connectivity index (χ0n) is 11.8. The topological polar surface area (TPSA) is 48.2 Å². The van der Waals surface area contributed by atoms with Crippen molar-refractivity contribution in [3.05, 3.63) is 58.9 Å². The van der Waals surface area contributed by atoms with Crippen LogP contribution in [-0.2, 0) is 5.75 Å². The minimum absolute atomic E-state index is 0.600. The van der Waals surface area contributed by atoms with Crippen molar-refractivity contribution in [1.82, 2.24) is 10.1 Å². The molecule has 22 heavy (non-hydrogen) atoms. The third-order valence-electron chi connectivity index (χ3n) is 2.95. The van der Waals surface area contributed by atoms with Gasteiger partial charge in [0.25, 0.3) is 0 Å². The van der Waals surface area contributed by atoms with Crippen LogP contribution >= 0.6 is 27.7 Å². The van der Waals surface area contributed by atoms with Crippen molar-refractivity contribution in [2.24, 2.45) is 0 Å². The van der Waals surface area contributed by atoms with E-state index in [-0.39, 0.29) is 0 Å². The first-order chi connectivity index (χ1) is 10.7. The molecule has 3 aromatic rings. The van der Waals surface area contributed by atoms with Gasteiger partial charge in [-0.1, -0.05) is 39.3 Å². The van der Waals surface area contributed by atoms with Crippen LogP contribution in [0.3, 0.4) is 0 Å². The second-order valence-corrected chi connectivity index (χ2v) is 6.45. The Morgan fingerprint density at radius 3 is 2.86 bits per heavy atom. The molecular weight excluding hydrogens is 364 g/mol. The molecule has 0 bridgehead atoms. The van der Waals surface area contributed by atoms with Crippen LogP contribution in [0.25, 0.3) is 11.4 Å². The number of halogens is 1. The largest absolute Gasteiger partial charge is 0.497 e. The summed E-state index contributed by atoms with van der Waals surface area (Å²) >= 11 is 5.07. The van der Waals surface area contributed by atoms with Crippen molar-refractivity contribution in [2.45, 2.75) is 10.6 Å². The molecule has 0 saturated heterocycles. The predicted octanol–water partition coefficient (Wildman–Crippen LogP) is 4.80. The van der Waals surface area contributed by atoms with E-state index >= 15 is 0 Å². The Labute approximate surface area is 141 Å². The highest BCUT2D eigenvalue weighted by Crippen LogP contribution is 2.27. The maximum atomic E-state index is 5.31. The highest BCUT2D eigenvalue weighted by atomic mass is 79.9. The fraction of sp³-hybridized carbons (Fsp3) is 0.125. The van der Waals surface area contributed by atoms with Gasteiger partial charge in [0.1, 0.15) is 5.75 Å². The highest BCUT2D eigenvalue weighted by Gasteiger charge is 2.09. The lowest BCUT2D eigenvalue weighted by atomic mass is 10.2. The molecule has 0 aliphatic heterocycles. The summed E-state index contributed by atoms with van der Waals surface area (Å²) in [7, 11) is 1.66. The summed E-state index contributed by atoms with van der Waals surface area (Å²) in [5.41, 5.74) is 0.927. The number of nitrogens with zero attached hydrogens (tertiary/aromatic N) is 2. The van der Waals surface area contributed by atoms with Crippen LogP contribution in [0.2, 0.25) is 0 Å². The van der Waals surface area contributed by atoms with E-state index in [2.05, 4.69) is 26.1 Å². The molecule has 0 spiro atoms. The second-order valence-electron chi connectivity index (χ2n) is 4.49. The zero-order chi connectivity index (χ0) is 15.4. The maximum absolute atomic E-state index is 5.31. The van der Waals surface area contributed by atoms with Crippen LogP contribution in [0.1, 0.15) is 5.89 Å². The molecule has 0 aliphatic carbocycles. The minimum atomic E-state index is 0.600. The lowest BCUT2D eigenvalue weighted by Gasteiger charge is -2.02. The molecule has 0 fully saturated rings. The maximum Gasteiger partial charge on any atom is 0.237 e. The standard InChI is InChI=1S/C16H13BrN2O2S/c1-20-13-6-3-7-14(9-13)22-10-15-18-16(19-21-15)11-4-2-5-12(17)8-11/h2-9H,10H2,1H3. The highest BCUT2D eigenvalue weighted by molar-refractivity contribution is 9.10. The molecule has 112 valence electrons. The Morgan fingerprint density at radius 1 is 1.18 bits per heavy atom. The summed E-state index contributed by atoms with van der Waals surface area (Å²) < 4.78 is 11.5. The molecule has 0 unspecified atom stereocenters. The SMILES string of the molecule is COc1cccc(SCc2nc(-c3cccc(Br)c3)no2)c1. The van der Waals surface area contributed by atoms with E-state index in [1.807, 2.05) is 48.5 Å². The summed E-state index contributed by atoms with van der Waals surface area (Å²) in [6.07, 6.45) is 0. The predicted molar refractivity (Wildman–Crippen MR) is 90.0 cm³/mol. The summed E-state index contributed by atoms with van der Waals surface area (Å²) in [5, 5.41) is 4.03. The quantitative estimate of drug-likeness (QED) is 0.598. The van der Waals surface area contributed by atoms with Gasteiger partial charge in [-0.3, -0.25) is 0 Å². The van der Waals surface area contributed by atoms with Crippen LogP contribution in [0.15, 0.2) is 62.4 Å². The average Bonchev–Trinajstić information content (AvgIpc) is 3.02. The van der Waals surface area contributed by atoms with E-state index < -0.39 is 0 Å². The van der Waals surface area contributed by atoms with Crippen LogP contribution in [-0.4, -0.2) is 17.3 Å². The Morgan fingerprint density at radius 2 is 2.05 bits per heavy atom. The number of hydrogen-bond donors (Lipinski definition) is 0. The molecule has 4 nitrogen and oxygen atoms in total. The fourth-order valence-corrected chi connectivity index (χ4v) is 3.08. The molecule has 6 heteroatoms. The number of methoxy groups -OCH3 is 1. The third kappa shape index (κ3) is 3.69. The van der Waals surface area contributed by atoms with Crippen molar-refractivity contribution in [3.8, 4) is 17.1 Å². The van der Waals surface area contributed by atoms with Crippen molar-refractivity contribution in [3.63, 3.8) is 0 Å². The van der Waals surface area contributed by atoms with E-state index in [0.29, 0.717) is 17.5 Å². The van der Waals surface area contributed by atoms with Gasteiger partial charge in [-0.2, -0.15) is 4.98 Å². The van der Waals surface area contributed by atoms with E-state index in [9.17, 15) is 0 Å². The second kappa shape index (κ2) is 6.98. The number of ether oxygens (including phenoxy) is 1. The van der Waals surface area contributed by atoms with Crippen LogP contribution in [0, 0.1) is 0 Å². The van der Waals surface area contributed by atoms with Crippen molar-refractivity contribution in [1.29, 1.82) is 0 Å². The van der Waals surface area contributed by atoms with E-state index in [0.717, 1.165) is 20.7 Å². The van der Waals surface area contributed by atoms with Gasteiger partial charge in [-0.25, -0.2) is 0 Å². The third-order valence-corrected chi connectivity index (χ3v) is 4.43. The summed E-state index contributed by atoms with van der Waals surface area (Å²) in [6, 6.07) is 15.7. The summed E-state index contributed by atoms with van der Waals surface area (Å²) in [4.78, 5) is 5.53.